The maximum Gasteiger partial charge on any atom is 2.00 e. The van der Waals surface area contributed by atoms with Crippen LogP contribution in [0, 0.1) is 0 Å². The zero-order valence-electron chi connectivity index (χ0n) is 9.05. The normalized spacial score (nSPS) is 10.5. The molecule has 0 saturated heterocycles. The summed E-state index contributed by atoms with van der Waals surface area (Å²) >= 11 is 0. The standard InChI is InChI=1S/C12H7BO3.Mg/c14-13(15)9-5-3-7-11-12(9)8-4-1-2-6-10(8)16-11;/h1-7H;/q-2;+2. The molecular formula is C12H7BMgO3. The Kier molecular flexibility index (Phi) is 3.44. The van der Waals surface area contributed by atoms with Crippen LogP contribution in [0.2, 0.25) is 0 Å². The molecule has 0 atom stereocenters. The zero-order valence-corrected chi connectivity index (χ0v) is 10.5. The van der Waals surface area contributed by atoms with Crippen molar-refractivity contribution in [1.29, 1.82) is 0 Å². The quantitative estimate of drug-likeness (QED) is 0.539. The molecule has 0 aliphatic rings. The fourth-order valence-corrected chi connectivity index (χ4v) is 2.00. The van der Waals surface area contributed by atoms with Crippen LogP contribution < -0.4 is 15.5 Å². The average Bonchev–Trinajstić information content (AvgIpc) is 2.66. The Morgan fingerprint density at radius 3 is 2.35 bits per heavy atom. The van der Waals surface area contributed by atoms with Gasteiger partial charge in [-0.05, 0) is 12.1 Å². The third-order valence-electron chi connectivity index (χ3n) is 2.69. The van der Waals surface area contributed by atoms with E-state index in [0.29, 0.717) is 16.6 Å². The van der Waals surface area contributed by atoms with Crippen molar-refractivity contribution in [3.8, 4) is 0 Å². The monoisotopic (exact) mass is 234 g/mol. The largest absolute Gasteiger partial charge is 2.00 e. The van der Waals surface area contributed by atoms with E-state index in [4.69, 9.17) is 4.42 Å². The molecule has 5 heteroatoms. The van der Waals surface area contributed by atoms with Crippen LogP contribution in [0.4, 0.5) is 0 Å². The fraction of sp³-hybridized carbons (Fsp3) is 0. The summed E-state index contributed by atoms with van der Waals surface area (Å²) in [4.78, 5) is 0. The summed E-state index contributed by atoms with van der Waals surface area (Å²) in [5.74, 6) is 0. The van der Waals surface area contributed by atoms with Gasteiger partial charge in [-0.1, -0.05) is 37.5 Å². The summed E-state index contributed by atoms with van der Waals surface area (Å²) in [6.07, 6.45) is 0. The van der Waals surface area contributed by atoms with Crippen LogP contribution >= 0.6 is 0 Å². The number of benzene rings is 2. The van der Waals surface area contributed by atoms with Crippen LogP contribution in [0.3, 0.4) is 0 Å². The summed E-state index contributed by atoms with van der Waals surface area (Å²) in [6, 6.07) is 12.4. The first-order chi connectivity index (χ1) is 7.77. The molecule has 0 N–H and O–H groups in total. The molecule has 0 radical (unpaired) electrons. The predicted molar refractivity (Wildman–Crippen MR) is 64.9 cm³/mol. The number of para-hydroxylation sites is 1. The molecule has 0 amide bonds. The minimum Gasteiger partial charge on any atom is -0.889 e. The Bertz CT molecular complexity index is 663. The van der Waals surface area contributed by atoms with Crippen LogP contribution in [0.1, 0.15) is 0 Å². The molecule has 0 fully saturated rings. The molecule has 0 aliphatic carbocycles. The van der Waals surface area contributed by atoms with Crippen molar-refractivity contribution in [3.05, 3.63) is 42.5 Å². The minimum absolute atomic E-state index is 0. The number of hydrogen-bond acceptors (Lipinski definition) is 3. The topological polar surface area (TPSA) is 59.3 Å². The molecule has 0 unspecified atom stereocenters. The molecular weight excluding hydrogens is 227 g/mol. The van der Waals surface area contributed by atoms with Gasteiger partial charge in [0.25, 0.3) is 0 Å². The van der Waals surface area contributed by atoms with Gasteiger partial charge in [-0.25, -0.2) is 0 Å². The molecule has 3 aromatic rings. The third-order valence-corrected chi connectivity index (χ3v) is 2.69. The van der Waals surface area contributed by atoms with Crippen molar-refractivity contribution in [2.45, 2.75) is 0 Å². The molecule has 0 spiro atoms. The average molecular weight is 234 g/mol. The van der Waals surface area contributed by atoms with E-state index in [1.807, 2.05) is 24.3 Å². The first-order valence-corrected chi connectivity index (χ1v) is 4.99. The second kappa shape index (κ2) is 4.70. The van der Waals surface area contributed by atoms with Gasteiger partial charge in [-0.2, -0.15) is 0 Å². The molecule has 0 aliphatic heterocycles. The predicted octanol–water partition coefficient (Wildman–Crippen LogP) is -0.379. The van der Waals surface area contributed by atoms with Gasteiger partial charge >= 0.3 is 23.1 Å². The van der Waals surface area contributed by atoms with Gasteiger partial charge in [0.1, 0.15) is 11.2 Å². The summed E-state index contributed by atoms with van der Waals surface area (Å²) < 4.78 is 5.57. The first kappa shape index (κ1) is 12.4. The van der Waals surface area contributed by atoms with Crippen molar-refractivity contribution in [2.75, 3.05) is 0 Å². The Labute approximate surface area is 114 Å². The Balaban J connectivity index is 0.00000108. The number of hydrogen-bond donors (Lipinski definition) is 0. The fourth-order valence-electron chi connectivity index (χ4n) is 2.00. The Morgan fingerprint density at radius 2 is 1.59 bits per heavy atom. The van der Waals surface area contributed by atoms with Crippen molar-refractivity contribution in [3.63, 3.8) is 0 Å². The van der Waals surface area contributed by atoms with Crippen molar-refractivity contribution in [2.24, 2.45) is 0 Å². The van der Waals surface area contributed by atoms with Crippen molar-refractivity contribution >= 4 is 57.6 Å². The van der Waals surface area contributed by atoms with Crippen molar-refractivity contribution < 1.29 is 14.5 Å². The SMILES string of the molecule is [Mg+2].[O-]B([O-])c1cccc2oc3ccccc3c12. The number of rotatable bonds is 1. The van der Waals surface area contributed by atoms with Crippen LogP contribution in [0.15, 0.2) is 46.9 Å². The maximum atomic E-state index is 11.1. The van der Waals surface area contributed by atoms with E-state index in [9.17, 15) is 10.0 Å². The Hall–Kier alpha value is -1.01. The van der Waals surface area contributed by atoms with Gasteiger partial charge < -0.3 is 14.5 Å². The second-order valence-electron chi connectivity index (χ2n) is 3.65. The van der Waals surface area contributed by atoms with E-state index in [0.717, 1.165) is 5.39 Å². The van der Waals surface area contributed by atoms with Gasteiger partial charge in [0.2, 0.25) is 0 Å². The first-order valence-electron chi connectivity index (χ1n) is 4.99. The summed E-state index contributed by atoms with van der Waals surface area (Å²) in [5.41, 5.74) is 1.54. The maximum absolute atomic E-state index is 11.1. The third kappa shape index (κ3) is 1.95. The molecule has 0 saturated carbocycles. The van der Waals surface area contributed by atoms with E-state index in [1.165, 1.54) is 0 Å². The van der Waals surface area contributed by atoms with E-state index >= 15 is 0 Å². The molecule has 3 nitrogen and oxygen atoms in total. The summed E-state index contributed by atoms with van der Waals surface area (Å²) in [5, 5.41) is 23.6. The van der Waals surface area contributed by atoms with Crippen LogP contribution in [0.25, 0.3) is 21.9 Å². The van der Waals surface area contributed by atoms with E-state index in [1.54, 1.807) is 18.2 Å². The molecule has 17 heavy (non-hydrogen) atoms. The van der Waals surface area contributed by atoms with Crippen molar-refractivity contribution in [1.82, 2.24) is 0 Å². The molecule has 2 aromatic carbocycles. The van der Waals surface area contributed by atoms with Gasteiger partial charge in [0.15, 0.2) is 0 Å². The van der Waals surface area contributed by atoms with Gasteiger partial charge in [0.05, 0.1) is 0 Å². The van der Waals surface area contributed by atoms with Crippen LogP contribution in [-0.4, -0.2) is 30.2 Å². The van der Waals surface area contributed by atoms with E-state index in [-0.39, 0.29) is 28.5 Å². The van der Waals surface area contributed by atoms with Crippen LogP contribution in [0.5, 0.6) is 0 Å². The molecule has 1 heterocycles. The van der Waals surface area contributed by atoms with Gasteiger partial charge in [0, 0.05) is 10.8 Å². The summed E-state index contributed by atoms with van der Waals surface area (Å²) in [6.45, 7) is 0. The van der Waals surface area contributed by atoms with Crippen LogP contribution in [-0.2, 0) is 0 Å². The zero-order chi connectivity index (χ0) is 11.1. The summed E-state index contributed by atoms with van der Waals surface area (Å²) in [7, 11) is -1.98. The Morgan fingerprint density at radius 1 is 0.882 bits per heavy atom. The molecule has 0 bridgehead atoms. The van der Waals surface area contributed by atoms with Gasteiger partial charge in [-0.3, -0.25) is 0 Å². The second-order valence-corrected chi connectivity index (χ2v) is 3.65. The smallest absolute Gasteiger partial charge is 0.889 e. The van der Waals surface area contributed by atoms with Gasteiger partial charge in [-0.15, -0.1) is 5.46 Å². The molecule has 3 rings (SSSR count). The number of fused-ring (bicyclic) bond motifs is 3. The number of furan rings is 1. The van der Waals surface area contributed by atoms with E-state index < -0.39 is 7.12 Å². The minimum atomic E-state index is -1.98. The van der Waals surface area contributed by atoms with E-state index in [2.05, 4.69) is 0 Å². The molecule has 78 valence electrons. The molecule has 1 aromatic heterocycles.